The van der Waals surface area contributed by atoms with Crippen molar-refractivity contribution in [2.75, 3.05) is 20.6 Å². The topological polar surface area (TPSA) is 32.3 Å². The van der Waals surface area contributed by atoms with Crippen molar-refractivity contribution in [3.63, 3.8) is 0 Å². The zero-order chi connectivity index (χ0) is 16.7. The highest BCUT2D eigenvalue weighted by molar-refractivity contribution is 5.76. The molecule has 0 radical (unpaired) electrons. The van der Waals surface area contributed by atoms with E-state index in [1.165, 1.54) is 17.7 Å². The first kappa shape index (κ1) is 17.2. The molecule has 23 heavy (non-hydrogen) atoms. The van der Waals surface area contributed by atoms with Crippen molar-refractivity contribution in [2.45, 2.75) is 18.9 Å². The summed E-state index contributed by atoms with van der Waals surface area (Å²) >= 11 is 0. The monoisotopic (exact) mass is 314 g/mol. The zero-order valence-electron chi connectivity index (χ0n) is 13.6. The third-order valence-corrected chi connectivity index (χ3v) is 3.83. The maximum Gasteiger partial charge on any atom is 0.220 e. The molecule has 0 aliphatic rings. The Morgan fingerprint density at radius 1 is 1.13 bits per heavy atom. The first-order chi connectivity index (χ1) is 11.1. The minimum Gasteiger partial charge on any atom is -0.354 e. The second kappa shape index (κ2) is 8.44. The number of aryl methyl sites for hydroxylation is 1. The molecule has 0 aliphatic heterocycles. The highest BCUT2D eigenvalue weighted by Crippen LogP contribution is 2.16. The Balaban J connectivity index is 1.85. The SMILES string of the molecule is CN(C)C(CNC(=O)CCc1cccc(F)c1)c1ccccc1. The summed E-state index contributed by atoms with van der Waals surface area (Å²) in [5.74, 6) is -0.281. The minimum absolute atomic E-state index is 0.0166. The van der Waals surface area contributed by atoms with Crippen molar-refractivity contribution in [2.24, 2.45) is 0 Å². The number of nitrogens with zero attached hydrogens (tertiary/aromatic N) is 1. The summed E-state index contributed by atoms with van der Waals surface area (Å²) in [5, 5.41) is 2.97. The molecule has 0 heterocycles. The van der Waals surface area contributed by atoms with Gasteiger partial charge in [-0.1, -0.05) is 42.5 Å². The molecule has 1 atom stereocenters. The first-order valence-corrected chi connectivity index (χ1v) is 7.79. The molecule has 0 spiro atoms. The minimum atomic E-state index is -0.264. The van der Waals surface area contributed by atoms with Gasteiger partial charge in [0, 0.05) is 13.0 Å². The Kier molecular flexibility index (Phi) is 6.29. The van der Waals surface area contributed by atoms with Crippen molar-refractivity contribution in [3.8, 4) is 0 Å². The van der Waals surface area contributed by atoms with E-state index in [-0.39, 0.29) is 17.8 Å². The van der Waals surface area contributed by atoms with Crippen LogP contribution in [0.1, 0.15) is 23.6 Å². The van der Waals surface area contributed by atoms with Gasteiger partial charge in [0.15, 0.2) is 0 Å². The fraction of sp³-hybridized carbons (Fsp3) is 0.316. The lowest BCUT2D eigenvalue weighted by molar-refractivity contribution is -0.121. The normalized spacial score (nSPS) is 12.2. The highest BCUT2D eigenvalue weighted by Gasteiger charge is 2.14. The molecular weight excluding hydrogens is 291 g/mol. The summed E-state index contributed by atoms with van der Waals surface area (Å²) in [6, 6.07) is 16.6. The molecule has 0 saturated heterocycles. The van der Waals surface area contributed by atoms with Gasteiger partial charge in [0.05, 0.1) is 6.04 Å². The maximum atomic E-state index is 13.1. The summed E-state index contributed by atoms with van der Waals surface area (Å²) < 4.78 is 13.1. The molecule has 0 fully saturated rings. The standard InChI is InChI=1S/C19H23FN2O/c1-22(2)18(16-8-4-3-5-9-16)14-21-19(23)12-11-15-7-6-10-17(20)13-15/h3-10,13,18H,11-12,14H2,1-2H3,(H,21,23). The van der Waals surface area contributed by atoms with Crippen molar-refractivity contribution < 1.29 is 9.18 Å². The molecule has 3 nitrogen and oxygen atoms in total. The molecule has 1 amide bonds. The van der Waals surface area contributed by atoms with E-state index in [0.29, 0.717) is 19.4 Å². The van der Waals surface area contributed by atoms with Crippen LogP contribution in [0.2, 0.25) is 0 Å². The van der Waals surface area contributed by atoms with Gasteiger partial charge in [0.1, 0.15) is 5.82 Å². The zero-order valence-corrected chi connectivity index (χ0v) is 13.6. The van der Waals surface area contributed by atoms with Crippen molar-refractivity contribution in [1.29, 1.82) is 0 Å². The fourth-order valence-electron chi connectivity index (χ4n) is 2.52. The Bertz CT molecular complexity index is 628. The lowest BCUT2D eigenvalue weighted by Gasteiger charge is -2.25. The molecule has 4 heteroatoms. The van der Waals surface area contributed by atoms with Crippen LogP contribution in [0.3, 0.4) is 0 Å². The molecule has 1 N–H and O–H groups in total. The Labute approximate surface area is 137 Å². The molecular formula is C19H23FN2O. The largest absolute Gasteiger partial charge is 0.354 e. The molecule has 2 aromatic carbocycles. The van der Waals surface area contributed by atoms with E-state index in [2.05, 4.69) is 22.3 Å². The number of amides is 1. The van der Waals surface area contributed by atoms with Crippen molar-refractivity contribution in [3.05, 3.63) is 71.5 Å². The summed E-state index contributed by atoms with van der Waals surface area (Å²) in [6.07, 6.45) is 0.903. The molecule has 0 aromatic heterocycles. The third kappa shape index (κ3) is 5.49. The second-order valence-corrected chi connectivity index (χ2v) is 5.82. The van der Waals surface area contributed by atoms with Crippen molar-refractivity contribution in [1.82, 2.24) is 10.2 Å². The van der Waals surface area contributed by atoms with Crippen LogP contribution in [0, 0.1) is 5.82 Å². The van der Waals surface area contributed by atoms with E-state index in [0.717, 1.165) is 5.56 Å². The third-order valence-electron chi connectivity index (χ3n) is 3.83. The molecule has 1 unspecified atom stereocenters. The van der Waals surface area contributed by atoms with E-state index in [1.807, 2.05) is 38.4 Å². The number of benzene rings is 2. The number of carbonyl (C=O) groups excluding carboxylic acids is 1. The quantitative estimate of drug-likeness (QED) is 0.851. The van der Waals surface area contributed by atoms with E-state index in [4.69, 9.17) is 0 Å². The average molecular weight is 314 g/mol. The van der Waals surface area contributed by atoms with E-state index in [1.54, 1.807) is 6.07 Å². The van der Waals surface area contributed by atoms with Gasteiger partial charge in [0.25, 0.3) is 0 Å². The van der Waals surface area contributed by atoms with Crippen molar-refractivity contribution >= 4 is 5.91 Å². The van der Waals surface area contributed by atoms with E-state index < -0.39 is 0 Å². The number of likely N-dealkylation sites (N-methyl/N-ethyl adjacent to an activating group) is 1. The number of hydrogen-bond acceptors (Lipinski definition) is 2. The lowest BCUT2D eigenvalue weighted by atomic mass is 10.1. The lowest BCUT2D eigenvalue weighted by Crippen LogP contribution is -2.34. The molecule has 0 bridgehead atoms. The number of nitrogens with one attached hydrogen (secondary N) is 1. The van der Waals surface area contributed by atoms with Gasteiger partial charge in [-0.25, -0.2) is 4.39 Å². The fourth-order valence-corrected chi connectivity index (χ4v) is 2.52. The van der Waals surface area contributed by atoms with Crippen LogP contribution in [0.15, 0.2) is 54.6 Å². The molecule has 2 aromatic rings. The average Bonchev–Trinajstić information content (AvgIpc) is 2.54. The van der Waals surface area contributed by atoms with Crippen LogP contribution >= 0.6 is 0 Å². The van der Waals surface area contributed by atoms with Gasteiger partial charge in [-0.2, -0.15) is 0 Å². The number of hydrogen-bond donors (Lipinski definition) is 1. The molecule has 2 rings (SSSR count). The summed E-state index contributed by atoms with van der Waals surface area (Å²) in [7, 11) is 3.99. The molecule has 0 aliphatic carbocycles. The number of rotatable bonds is 7. The number of halogens is 1. The van der Waals surface area contributed by atoms with Crippen LogP contribution in [0.5, 0.6) is 0 Å². The van der Waals surface area contributed by atoms with E-state index >= 15 is 0 Å². The Hall–Kier alpha value is -2.20. The molecule has 122 valence electrons. The summed E-state index contributed by atoms with van der Waals surface area (Å²) in [4.78, 5) is 14.1. The van der Waals surface area contributed by atoms with Gasteiger partial charge in [-0.3, -0.25) is 4.79 Å². The number of carbonyl (C=O) groups is 1. The van der Waals surface area contributed by atoms with Gasteiger partial charge < -0.3 is 10.2 Å². The predicted molar refractivity (Wildman–Crippen MR) is 90.6 cm³/mol. The van der Waals surface area contributed by atoms with Crippen LogP contribution in [0.25, 0.3) is 0 Å². The smallest absolute Gasteiger partial charge is 0.220 e. The Morgan fingerprint density at radius 3 is 2.52 bits per heavy atom. The van der Waals surface area contributed by atoms with Gasteiger partial charge in [-0.05, 0) is 43.8 Å². The summed E-state index contributed by atoms with van der Waals surface area (Å²) in [5.41, 5.74) is 2.01. The van der Waals surface area contributed by atoms with Crippen LogP contribution in [-0.4, -0.2) is 31.4 Å². The summed E-state index contributed by atoms with van der Waals surface area (Å²) in [6.45, 7) is 0.555. The van der Waals surface area contributed by atoms with E-state index in [9.17, 15) is 9.18 Å². The maximum absolute atomic E-state index is 13.1. The second-order valence-electron chi connectivity index (χ2n) is 5.82. The first-order valence-electron chi connectivity index (χ1n) is 7.79. The van der Waals surface area contributed by atoms with Gasteiger partial charge >= 0.3 is 0 Å². The Morgan fingerprint density at radius 2 is 1.87 bits per heavy atom. The van der Waals surface area contributed by atoms with Crippen LogP contribution in [0.4, 0.5) is 4.39 Å². The van der Waals surface area contributed by atoms with Gasteiger partial charge in [0.2, 0.25) is 5.91 Å². The van der Waals surface area contributed by atoms with Gasteiger partial charge in [-0.15, -0.1) is 0 Å². The predicted octanol–water partition coefficient (Wildman–Crippen LogP) is 3.18. The van der Waals surface area contributed by atoms with Crippen LogP contribution in [-0.2, 0) is 11.2 Å². The van der Waals surface area contributed by atoms with Crippen LogP contribution < -0.4 is 5.32 Å². The highest BCUT2D eigenvalue weighted by atomic mass is 19.1. The molecule has 0 saturated carbocycles.